The van der Waals surface area contributed by atoms with Crippen LogP contribution in [0.5, 0.6) is 0 Å². The molecule has 2 amide bonds. The van der Waals surface area contributed by atoms with Crippen molar-refractivity contribution < 1.29 is 23.8 Å². The van der Waals surface area contributed by atoms with Gasteiger partial charge in [-0.2, -0.15) is 0 Å². The van der Waals surface area contributed by atoms with E-state index in [9.17, 15) is 9.59 Å². The third-order valence-corrected chi connectivity index (χ3v) is 5.04. The number of nitrogens with one attached hydrogen (secondary N) is 2. The highest BCUT2D eigenvalue weighted by Crippen LogP contribution is 2.37. The van der Waals surface area contributed by atoms with Crippen LogP contribution in [0, 0.1) is 0 Å². The topological polar surface area (TPSA) is 89.1 Å². The Hall–Kier alpha value is -1.22. The third-order valence-electron chi connectivity index (χ3n) is 5.04. The highest BCUT2D eigenvalue weighted by atomic mass is 16.7. The zero-order valence-corrected chi connectivity index (χ0v) is 14.8. The number of ether oxygens (including phenoxy) is 3. The molecule has 25 heavy (non-hydrogen) atoms. The van der Waals surface area contributed by atoms with Gasteiger partial charge in [0.2, 0.25) is 0 Å². The normalized spacial score (nSPS) is 26.5. The molecule has 2 saturated heterocycles. The van der Waals surface area contributed by atoms with Gasteiger partial charge in [0.25, 0.3) is 0 Å². The fourth-order valence-electron chi connectivity index (χ4n) is 3.59. The minimum atomic E-state index is -0.616. The van der Waals surface area contributed by atoms with Crippen molar-refractivity contribution in [2.75, 3.05) is 52.5 Å². The average molecular weight is 355 g/mol. The van der Waals surface area contributed by atoms with Gasteiger partial charge in [-0.1, -0.05) is 6.42 Å². The van der Waals surface area contributed by atoms with Gasteiger partial charge in [-0.25, -0.2) is 0 Å². The number of morpholine rings is 1. The number of hydrogen-bond acceptors (Lipinski definition) is 6. The summed E-state index contributed by atoms with van der Waals surface area (Å²) in [6.07, 6.45) is 5.11. The third kappa shape index (κ3) is 5.37. The number of rotatable bonds is 5. The summed E-state index contributed by atoms with van der Waals surface area (Å²) >= 11 is 0. The average Bonchev–Trinajstić information content (AvgIpc) is 3.03. The van der Waals surface area contributed by atoms with Crippen LogP contribution >= 0.6 is 0 Å². The Kier molecular flexibility index (Phi) is 6.63. The van der Waals surface area contributed by atoms with Gasteiger partial charge in [-0.3, -0.25) is 14.5 Å². The van der Waals surface area contributed by atoms with Crippen LogP contribution in [0.2, 0.25) is 0 Å². The van der Waals surface area contributed by atoms with Crippen LogP contribution in [0.4, 0.5) is 0 Å². The molecule has 2 heterocycles. The van der Waals surface area contributed by atoms with Crippen LogP contribution in [0.1, 0.15) is 32.1 Å². The second kappa shape index (κ2) is 8.93. The van der Waals surface area contributed by atoms with E-state index in [1.807, 2.05) is 0 Å². The Labute approximate surface area is 148 Å². The van der Waals surface area contributed by atoms with E-state index in [4.69, 9.17) is 14.2 Å². The highest BCUT2D eigenvalue weighted by Gasteiger charge is 2.42. The Balaban J connectivity index is 1.30. The van der Waals surface area contributed by atoms with Crippen LogP contribution in [-0.2, 0) is 23.8 Å². The summed E-state index contributed by atoms with van der Waals surface area (Å²) < 4.78 is 17.1. The van der Waals surface area contributed by atoms with Crippen molar-refractivity contribution in [2.45, 2.75) is 44.0 Å². The first kappa shape index (κ1) is 18.6. The largest absolute Gasteiger partial charge is 0.379 e. The predicted octanol–water partition coefficient (Wildman–Crippen LogP) is -0.373. The smallest absolute Gasteiger partial charge is 0.309 e. The van der Waals surface area contributed by atoms with E-state index in [1.54, 1.807) is 0 Å². The van der Waals surface area contributed by atoms with Gasteiger partial charge in [0.15, 0.2) is 5.79 Å². The maximum atomic E-state index is 11.9. The molecule has 1 spiro atoms. The molecule has 2 N–H and O–H groups in total. The van der Waals surface area contributed by atoms with Gasteiger partial charge in [-0.15, -0.1) is 0 Å². The van der Waals surface area contributed by atoms with E-state index >= 15 is 0 Å². The minimum absolute atomic E-state index is 0.178. The van der Waals surface area contributed by atoms with Gasteiger partial charge in [0.1, 0.15) is 6.10 Å². The van der Waals surface area contributed by atoms with Gasteiger partial charge in [0.05, 0.1) is 19.8 Å². The summed E-state index contributed by atoms with van der Waals surface area (Å²) in [4.78, 5) is 25.9. The Morgan fingerprint density at radius 3 is 2.52 bits per heavy atom. The van der Waals surface area contributed by atoms with Crippen LogP contribution in [0.15, 0.2) is 0 Å². The van der Waals surface area contributed by atoms with Crippen LogP contribution in [0.25, 0.3) is 0 Å². The van der Waals surface area contributed by atoms with Crippen LogP contribution in [-0.4, -0.2) is 81.1 Å². The molecule has 1 saturated carbocycles. The Morgan fingerprint density at radius 2 is 1.76 bits per heavy atom. The summed E-state index contributed by atoms with van der Waals surface area (Å²) in [5, 5.41) is 5.30. The molecule has 2 aliphatic heterocycles. The van der Waals surface area contributed by atoms with Crippen molar-refractivity contribution >= 4 is 11.8 Å². The molecule has 3 fully saturated rings. The number of carbonyl (C=O) groups excluding carboxylic acids is 2. The summed E-state index contributed by atoms with van der Waals surface area (Å²) in [6.45, 7) is 5.13. The molecule has 3 rings (SSSR count). The van der Waals surface area contributed by atoms with Gasteiger partial charge in [0, 0.05) is 45.6 Å². The molecular formula is C17H29N3O5. The lowest BCUT2D eigenvalue weighted by atomic mass is 9.94. The van der Waals surface area contributed by atoms with Crippen molar-refractivity contribution in [2.24, 2.45) is 0 Å². The molecule has 3 aliphatic rings. The van der Waals surface area contributed by atoms with Gasteiger partial charge in [-0.05, 0) is 12.8 Å². The molecule has 1 unspecified atom stereocenters. The molecular weight excluding hydrogens is 326 g/mol. The van der Waals surface area contributed by atoms with E-state index < -0.39 is 17.6 Å². The zero-order valence-electron chi connectivity index (χ0n) is 14.8. The van der Waals surface area contributed by atoms with Crippen molar-refractivity contribution in [3.05, 3.63) is 0 Å². The van der Waals surface area contributed by atoms with Crippen molar-refractivity contribution in [3.8, 4) is 0 Å². The van der Waals surface area contributed by atoms with Crippen LogP contribution < -0.4 is 10.6 Å². The molecule has 8 nitrogen and oxygen atoms in total. The van der Waals surface area contributed by atoms with E-state index in [0.29, 0.717) is 19.7 Å². The molecule has 8 heteroatoms. The summed E-state index contributed by atoms with van der Waals surface area (Å²) in [6, 6.07) is 0. The predicted molar refractivity (Wildman–Crippen MR) is 89.9 cm³/mol. The molecule has 1 atom stereocenters. The fourth-order valence-corrected chi connectivity index (χ4v) is 3.59. The summed E-state index contributed by atoms with van der Waals surface area (Å²) in [5.74, 6) is -1.66. The first-order valence-corrected chi connectivity index (χ1v) is 9.35. The Bertz CT molecular complexity index is 461. The maximum Gasteiger partial charge on any atom is 0.309 e. The number of amides is 2. The minimum Gasteiger partial charge on any atom is -0.379 e. The molecule has 0 radical (unpaired) electrons. The monoisotopic (exact) mass is 355 g/mol. The van der Waals surface area contributed by atoms with Crippen molar-refractivity contribution in [1.82, 2.24) is 15.5 Å². The van der Waals surface area contributed by atoms with Crippen LogP contribution in [0.3, 0.4) is 0 Å². The number of carbonyl (C=O) groups is 2. The zero-order chi connectivity index (χ0) is 17.5. The molecule has 0 aromatic rings. The quantitative estimate of drug-likeness (QED) is 0.654. The molecule has 0 aromatic heterocycles. The second-order valence-electron chi connectivity index (χ2n) is 6.94. The van der Waals surface area contributed by atoms with Gasteiger partial charge < -0.3 is 24.8 Å². The molecule has 0 aromatic carbocycles. The number of nitrogens with zero attached hydrogens (tertiary/aromatic N) is 1. The van der Waals surface area contributed by atoms with E-state index in [1.165, 1.54) is 6.42 Å². The van der Waals surface area contributed by atoms with Crippen molar-refractivity contribution in [1.29, 1.82) is 0 Å². The summed E-state index contributed by atoms with van der Waals surface area (Å²) in [5.41, 5.74) is 0. The Morgan fingerprint density at radius 1 is 1.04 bits per heavy atom. The molecule has 142 valence electrons. The second-order valence-corrected chi connectivity index (χ2v) is 6.94. The highest BCUT2D eigenvalue weighted by molar-refractivity contribution is 6.35. The lowest BCUT2D eigenvalue weighted by Crippen LogP contribution is -2.46. The fraction of sp³-hybridized carbons (Fsp3) is 0.882. The SMILES string of the molecule is O=C(NCCN1CCOCC1)C(=O)NCC1COC2(CCCCC2)O1. The first-order chi connectivity index (χ1) is 12.2. The lowest BCUT2D eigenvalue weighted by molar-refractivity contribution is -0.186. The number of hydrogen-bond donors (Lipinski definition) is 2. The van der Waals surface area contributed by atoms with E-state index in [-0.39, 0.29) is 6.10 Å². The molecule has 1 aliphatic carbocycles. The molecule has 0 bridgehead atoms. The van der Waals surface area contributed by atoms with E-state index in [2.05, 4.69) is 15.5 Å². The van der Waals surface area contributed by atoms with Gasteiger partial charge >= 0.3 is 11.8 Å². The first-order valence-electron chi connectivity index (χ1n) is 9.35. The maximum absolute atomic E-state index is 11.9. The van der Waals surface area contributed by atoms with E-state index in [0.717, 1.165) is 58.5 Å². The standard InChI is InChI=1S/C17H29N3O5/c21-15(18-6-7-20-8-10-23-11-9-20)16(22)19-12-14-13-24-17(25-14)4-2-1-3-5-17/h14H,1-13H2,(H,18,21)(H,19,22). The summed E-state index contributed by atoms with van der Waals surface area (Å²) in [7, 11) is 0. The van der Waals surface area contributed by atoms with Crippen molar-refractivity contribution in [3.63, 3.8) is 0 Å². The lowest BCUT2D eigenvalue weighted by Gasteiger charge is -2.31.